The van der Waals surface area contributed by atoms with Gasteiger partial charge in [-0.3, -0.25) is 4.99 Å². The van der Waals surface area contributed by atoms with E-state index in [9.17, 15) is 0 Å². The van der Waals surface area contributed by atoms with Gasteiger partial charge in [0.2, 0.25) is 0 Å². The average molecular weight is 369 g/mol. The van der Waals surface area contributed by atoms with Crippen LogP contribution in [0.15, 0.2) is 4.99 Å². The summed E-state index contributed by atoms with van der Waals surface area (Å²) in [6.45, 7) is 2.89. The lowest BCUT2D eigenvalue weighted by Gasteiger charge is -2.26. The van der Waals surface area contributed by atoms with Gasteiger partial charge in [0, 0.05) is 26.7 Å². The summed E-state index contributed by atoms with van der Waals surface area (Å²) in [6.07, 6.45) is 4.88. The van der Waals surface area contributed by atoms with Gasteiger partial charge in [-0.2, -0.15) is 0 Å². The number of nitrogens with two attached hydrogens (primary N) is 1. The summed E-state index contributed by atoms with van der Waals surface area (Å²) in [5.74, 6) is 1.31. The fourth-order valence-electron chi connectivity index (χ4n) is 2.17. The number of nitrogens with one attached hydrogen (secondary N) is 1. The molecule has 1 unspecified atom stereocenters. The first-order chi connectivity index (χ1) is 8.24. The number of guanidine groups is 1. The molecule has 0 amide bonds. The van der Waals surface area contributed by atoms with Gasteiger partial charge in [0.25, 0.3) is 0 Å². The number of hydrogen-bond donors (Lipinski definition) is 2. The monoisotopic (exact) mass is 369 g/mol. The van der Waals surface area contributed by atoms with Gasteiger partial charge in [-0.05, 0) is 18.8 Å². The van der Waals surface area contributed by atoms with E-state index in [-0.39, 0.29) is 29.6 Å². The molecular formula is C12H24IN3O2. The number of halogens is 1. The van der Waals surface area contributed by atoms with Crippen LogP contribution in [-0.4, -0.2) is 45.0 Å². The van der Waals surface area contributed by atoms with E-state index in [1.54, 1.807) is 7.11 Å². The third-order valence-corrected chi connectivity index (χ3v) is 3.83. The fourth-order valence-corrected chi connectivity index (χ4v) is 2.17. The minimum atomic E-state index is -0.261. The van der Waals surface area contributed by atoms with Gasteiger partial charge in [-0.1, -0.05) is 6.42 Å². The molecule has 6 heteroatoms. The molecule has 1 saturated heterocycles. The highest BCUT2D eigenvalue weighted by Gasteiger charge is 2.34. The predicted molar refractivity (Wildman–Crippen MR) is 82.4 cm³/mol. The quantitative estimate of drug-likeness (QED) is 0.433. The molecule has 0 spiro atoms. The summed E-state index contributed by atoms with van der Waals surface area (Å²) in [5, 5.41) is 3.18. The maximum atomic E-state index is 5.84. The Morgan fingerprint density at radius 3 is 2.83 bits per heavy atom. The van der Waals surface area contributed by atoms with E-state index in [2.05, 4.69) is 10.3 Å². The van der Waals surface area contributed by atoms with Crippen molar-refractivity contribution in [2.75, 3.05) is 33.4 Å². The molecule has 1 aliphatic heterocycles. The summed E-state index contributed by atoms with van der Waals surface area (Å²) in [6, 6.07) is 0. The van der Waals surface area contributed by atoms with Crippen LogP contribution in [0.3, 0.4) is 0 Å². The van der Waals surface area contributed by atoms with Crippen molar-refractivity contribution >= 4 is 29.9 Å². The second kappa shape index (κ2) is 7.49. The van der Waals surface area contributed by atoms with Crippen molar-refractivity contribution in [2.24, 2.45) is 16.6 Å². The zero-order valence-corrected chi connectivity index (χ0v) is 13.3. The second-order valence-electron chi connectivity index (χ2n) is 5.07. The van der Waals surface area contributed by atoms with E-state index in [0.717, 1.165) is 25.5 Å². The van der Waals surface area contributed by atoms with Crippen LogP contribution in [0.1, 0.15) is 25.7 Å². The van der Waals surface area contributed by atoms with Crippen molar-refractivity contribution in [1.82, 2.24) is 5.32 Å². The average Bonchev–Trinajstić information content (AvgIpc) is 2.74. The Morgan fingerprint density at radius 2 is 2.33 bits per heavy atom. The van der Waals surface area contributed by atoms with Gasteiger partial charge in [-0.15, -0.1) is 24.0 Å². The Hall–Kier alpha value is -0.0800. The van der Waals surface area contributed by atoms with Crippen LogP contribution in [-0.2, 0) is 9.47 Å². The molecule has 2 fully saturated rings. The zero-order valence-electron chi connectivity index (χ0n) is 11.0. The summed E-state index contributed by atoms with van der Waals surface area (Å²) < 4.78 is 10.8. The maximum Gasteiger partial charge on any atom is 0.188 e. The first-order valence-corrected chi connectivity index (χ1v) is 6.41. The second-order valence-corrected chi connectivity index (χ2v) is 5.07. The molecule has 0 aromatic rings. The molecule has 1 aliphatic carbocycles. The molecule has 3 N–H and O–H groups in total. The highest BCUT2D eigenvalue weighted by atomic mass is 127. The predicted octanol–water partition coefficient (Wildman–Crippen LogP) is 1.11. The summed E-state index contributed by atoms with van der Waals surface area (Å²) >= 11 is 0. The lowest BCUT2D eigenvalue weighted by Crippen LogP contribution is -2.40. The minimum Gasteiger partial charge on any atom is -0.378 e. The van der Waals surface area contributed by atoms with E-state index >= 15 is 0 Å². The van der Waals surface area contributed by atoms with E-state index in [1.165, 1.54) is 19.3 Å². The van der Waals surface area contributed by atoms with Crippen molar-refractivity contribution in [1.29, 1.82) is 0 Å². The normalized spacial score (nSPS) is 28.6. The molecule has 2 rings (SSSR count). The molecule has 1 saturated carbocycles. The molecule has 0 bridgehead atoms. The van der Waals surface area contributed by atoms with E-state index in [1.807, 2.05) is 0 Å². The Balaban J connectivity index is 0.00000162. The lowest BCUT2D eigenvalue weighted by molar-refractivity contribution is -0.00905. The zero-order chi connectivity index (χ0) is 12.1. The Kier molecular flexibility index (Phi) is 6.65. The molecule has 2 aliphatic rings. The fraction of sp³-hybridized carbons (Fsp3) is 0.917. The SMILES string of the molecule is COC1(CN=C(N)NCC2CCC2)CCOC1.I. The van der Waals surface area contributed by atoms with Crippen molar-refractivity contribution in [3.8, 4) is 0 Å². The Morgan fingerprint density at radius 1 is 1.56 bits per heavy atom. The number of rotatable bonds is 5. The standard InChI is InChI=1S/C12H23N3O2.HI/c1-16-12(5-6-17-9-12)8-15-11(13)14-7-10-3-2-4-10;/h10H,2-9H2,1H3,(H3,13,14,15);1H. The lowest BCUT2D eigenvalue weighted by atomic mass is 9.85. The van der Waals surface area contributed by atoms with E-state index in [4.69, 9.17) is 15.2 Å². The molecule has 18 heavy (non-hydrogen) atoms. The molecule has 1 heterocycles. The highest BCUT2D eigenvalue weighted by molar-refractivity contribution is 14.0. The Labute approximate surface area is 126 Å². The number of ether oxygens (including phenoxy) is 2. The van der Waals surface area contributed by atoms with Crippen molar-refractivity contribution < 1.29 is 9.47 Å². The number of hydrogen-bond acceptors (Lipinski definition) is 3. The largest absolute Gasteiger partial charge is 0.378 e. The Bertz CT molecular complexity index is 276. The van der Waals surface area contributed by atoms with Gasteiger partial charge in [0.15, 0.2) is 5.96 Å². The van der Waals surface area contributed by atoms with Crippen molar-refractivity contribution in [3.63, 3.8) is 0 Å². The van der Waals surface area contributed by atoms with Gasteiger partial charge < -0.3 is 20.5 Å². The first-order valence-electron chi connectivity index (χ1n) is 6.41. The summed E-state index contributed by atoms with van der Waals surface area (Å²) in [4.78, 5) is 4.36. The number of nitrogens with zero attached hydrogens (tertiary/aromatic N) is 1. The van der Waals surface area contributed by atoms with Gasteiger partial charge in [-0.25, -0.2) is 0 Å². The molecule has 0 radical (unpaired) electrons. The molecule has 0 aromatic heterocycles. The third kappa shape index (κ3) is 4.24. The van der Waals surface area contributed by atoms with Crippen LogP contribution in [0.4, 0.5) is 0 Å². The molecule has 1 atom stereocenters. The van der Waals surface area contributed by atoms with Gasteiger partial charge in [0.1, 0.15) is 5.60 Å². The summed E-state index contributed by atoms with van der Waals surface area (Å²) in [7, 11) is 1.71. The number of aliphatic imine (C=N–C) groups is 1. The van der Waals surface area contributed by atoms with Gasteiger partial charge >= 0.3 is 0 Å². The highest BCUT2D eigenvalue weighted by Crippen LogP contribution is 2.25. The van der Waals surface area contributed by atoms with Gasteiger partial charge in [0.05, 0.1) is 13.2 Å². The van der Waals surface area contributed by atoms with Crippen LogP contribution in [0.25, 0.3) is 0 Å². The van der Waals surface area contributed by atoms with Crippen LogP contribution in [0, 0.1) is 5.92 Å². The molecular weight excluding hydrogens is 345 g/mol. The van der Waals surface area contributed by atoms with Crippen LogP contribution in [0.2, 0.25) is 0 Å². The van der Waals surface area contributed by atoms with Crippen molar-refractivity contribution in [3.05, 3.63) is 0 Å². The topological polar surface area (TPSA) is 68.9 Å². The van der Waals surface area contributed by atoms with E-state index in [0.29, 0.717) is 19.1 Å². The van der Waals surface area contributed by atoms with Crippen LogP contribution in [0.5, 0.6) is 0 Å². The minimum absolute atomic E-state index is 0. The summed E-state index contributed by atoms with van der Waals surface area (Å²) in [5.41, 5.74) is 5.57. The third-order valence-electron chi connectivity index (χ3n) is 3.83. The molecule has 106 valence electrons. The molecule has 0 aromatic carbocycles. The van der Waals surface area contributed by atoms with Crippen LogP contribution >= 0.6 is 24.0 Å². The molecule has 5 nitrogen and oxygen atoms in total. The first kappa shape index (κ1) is 16.0. The smallest absolute Gasteiger partial charge is 0.188 e. The van der Waals surface area contributed by atoms with Crippen LogP contribution < -0.4 is 11.1 Å². The number of methoxy groups -OCH3 is 1. The maximum absolute atomic E-state index is 5.84. The van der Waals surface area contributed by atoms with E-state index < -0.39 is 0 Å². The van der Waals surface area contributed by atoms with Crippen molar-refractivity contribution in [2.45, 2.75) is 31.3 Å².